The summed E-state index contributed by atoms with van der Waals surface area (Å²) in [5.41, 5.74) is 2.50. The average molecular weight is 444 g/mol. The van der Waals surface area contributed by atoms with E-state index in [4.69, 9.17) is 0 Å². The van der Waals surface area contributed by atoms with Crippen molar-refractivity contribution in [2.75, 3.05) is 11.9 Å². The molecule has 9 heteroatoms. The fourth-order valence-electron chi connectivity index (χ4n) is 3.44. The van der Waals surface area contributed by atoms with E-state index in [1.165, 1.54) is 4.57 Å². The Morgan fingerprint density at radius 3 is 2.73 bits per heavy atom. The molecule has 168 valence electrons. The fourth-order valence-corrected chi connectivity index (χ4v) is 3.44. The zero-order chi connectivity index (χ0) is 23.5. The summed E-state index contributed by atoms with van der Waals surface area (Å²) in [7, 11) is 1.60. The van der Waals surface area contributed by atoms with E-state index >= 15 is 0 Å². The number of imidazole rings is 1. The van der Waals surface area contributed by atoms with Gasteiger partial charge in [0.2, 0.25) is 0 Å². The first-order chi connectivity index (χ1) is 15.9. The minimum absolute atomic E-state index is 0.00168. The standard InChI is InChI=1S/C24H24N6O3/c1-15-7-8-17(12-26-15)18-11-19(24(33)29(3)13-18)23(32)28-21-6-4-5-20(27-21)22-25-9-10-30(22)16(2)14-31/h4-13,16,31H,14H2,1-3H3,(H,27,28,32)/t16-/m1/s1. The highest BCUT2D eigenvalue weighted by Gasteiger charge is 2.17. The third kappa shape index (κ3) is 4.58. The van der Waals surface area contributed by atoms with Crippen LogP contribution in [0.1, 0.15) is 29.0 Å². The molecular weight excluding hydrogens is 420 g/mol. The zero-order valence-corrected chi connectivity index (χ0v) is 18.6. The van der Waals surface area contributed by atoms with E-state index < -0.39 is 11.5 Å². The van der Waals surface area contributed by atoms with Crippen molar-refractivity contribution in [3.8, 4) is 22.6 Å². The van der Waals surface area contributed by atoms with Gasteiger partial charge in [-0.2, -0.15) is 0 Å². The monoisotopic (exact) mass is 444 g/mol. The number of anilines is 1. The van der Waals surface area contributed by atoms with Crippen LogP contribution in [0.25, 0.3) is 22.6 Å². The predicted octanol–water partition coefficient (Wildman–Crippen LogP) is 2.82. The molecule has 1 atom stereocenters. The number of nitrogens with zero attached hydrogens (tertiary/aromatic N) is 5. The van der Waals surface area contributed by atoms with Crippen LogP contribution in [0, 0.1) is 6.92 Å². The molecule has 0 aromatic carbocycles. The lowest BCUT2D eigenvalue weighted by Gasteiger charge is -2.14. The van der Waals surface area contributed by atoms with Crippen LogP contribution in [0.2, 0.25) is 0 Å². The number of aromatic nitrogens is 5. The van der Waals surface area contributed by atoms with Crippen LogP contribution in [0.5, 0.6) is 0 Å². The molecule has 1 amide bonds. The summed E-state index contributed by atoms with van der Waals surface area (Å²) in [5, 5.41) is 12.2. The van der Waals surface area contributed by atoms with Gasteiger partial charge in [-0.1, -0.05) is 12.1 Å². The second-order valence-corrected chi connectivity index (χ2v) is 7.80. The molecule has 9 nitrogen and oxygen atoms in total. The molecule has 0 aliphatic rings. The Morgan fingerprint density at radius 1 is 1.18 bits per heavy atom. The van der Waals surface area contributed by atoms with Crippen LogP contribution in [-0.2, 0) is 7.05 Å². The average Bonchev–Trinajstić information content (AvgIpc) is 3.31. The first-order valence-electron chi connectivity index (χ1n) is 10.4. The number of hydrogen-bond acceptors (Lipinski definition) is 6. The van der Waals surface area contributed by atoms with Gasteiger partial charge in [-0.05, 0) is 38.1 Å². The molecule has 0 saturated carbocycles. The highest BCUT2D eigenvalue weighted by Crippen LogP contribution is 2.22. The van der Waals surface area contributed by atoms with Crippen molar-refractivity contribution in [2.24, 2.45) is 7.05 Å². The van der Waals surface area contributed by atoms with Crippen molar-refractivity contribution in [3.05, 3.63) is 82.8 Å². The van der Waals surface area contributed by atoms with Gasteiger partial charge >= 0.3 is 0 Å². The van der Waals surface area contributed by atoms with E-state index in [1.807, 2.05) is 30.5 Å². The summed E-state index contributed by atoms with van der Waals surface area (Å²) in [6.07, 6.45) is 6.77. The van der Waals surface area contributed by atoms with Crippen LogP contribution < -0.4 is 10.9 Å². The van der Waals surface area contributed by atoms with Gasteiger partial charge < -0.3 is 19.6 Å². The lowest BCUT2D eigenvalue weighted by molar-refractivity contribution is 0.102. The number of aliphatic hydroxyl groups is 1. The van der Waals surface area contributed by atoms with Crippen molar-refractivity contribution in [2.45, 2.75) is 19.9 Å². The number of aliphatic hydroxyl groups excluding tert-OH is 1. The number of amides is 1. The maximum Gasteiger partial charge on any atom is 0.263 e. The van der Waals surface area contributed by atoms with Gasteiger partial charge in [0.1, 0.15) is 17.1 Å². The van der Waals surface area contributed by atoms with E-state index in [2.05, 4.69) is 20.3 Å². The minimum atomic E-state index is -0.561. The van der Waals surface area contributed by atoms with Gasteiger partial charge in [-0.15, -0.1) is 0 Å². The second-order valence-electron chi connectivity index (χ2n) is 7.80. The van der Waals surface area contributed by atoms with Crippen molar-refractivity contribution in [1.82, 2.24) is 24.1 Å². The first kappa shape index (κ1) is 22.1. The zero-order valence-electron chi connectivity index (χ0n) is 18.6. The highest BCUT2D eigenvalue weighted by atomic mass is 16.3. The molecular formula is C24H24N6O3. The van der Waals surface area contributed by atoms with Gasteiger partial charge in [0.25, 0.3) is 11.5 Å². The summed E-state index contributed by atoms with van der Waals surface area (Å²) in [5.74, 6) is 0.292. The number of aryl methyl sites for hydroxylation is 2. The number of carbonyl (C=O) groups is 1. The van der Waals surface area contributed by atoms with Gasteiger partial charge in [0.15, 0.2) is 5.82 Å². The Balaban J connectivity index is 1.64. The smallest absolute Gasteiger partial charge is 0.263 e. The number of hydrogen-bond donors (Lipinski definition) is 2. The SMILES string of the molecule is Cc1ccc(-c2cc(C(=O)Nc3cccc(-c4nccn4[C@H](C)CO)n3)c(=O)n(C)c2)cn1. The fraction of sp³-hybridized carbons (Fsp3) is 0.208. The normalized spacial score (nSPS) is 11.9. The highest BCUT2D eigenvalue weighted by molar-refractivity contribution is 6.04. The molecule has 0 fully saturated rings. The predicted molar refractivity (Wildman–Crippen MR) is 125 cm³/mol. The van der Waals surface area contributed by atoms with Crippen LogP contribution in [0.3, 0.4) is 0 Å². The minimum Gasteiger partial charge on any atom is -0.394 e. The van der Waals surface area contributed by atoms with Crippen LogP contribution >= 0.6 is 0 Å². The van der Waals surface area contributed by atoms with Crippen LogP contribution in [0.4, 0.5) is 5.82 Å². The van der Waals surface area contributed by atoms with Crippen molar-refractivity contribution < 1.29 is 9.90 Å². The lowest BCUT2D eigenvalue weighted by atomic mass is 10.1. The second kappa shape index (κ2) is 9.17. The molecule has 0 radical (unpaired) electrons. The van der Waals surface area contributed by atoms with Gasteiger partial charge in [0.05, 0.1) is 12.6 Å². The summed E-state index contributed by atoms with van der Waals surface area (Å²) in [6.45, 7) is 3.71. The molecule has 0 saturated heterocycles. The summed E-state index contributed by atoms with van der Waals surface area (Å²) < 4.78 is 3.18. The summed E-state index contributed by atoms with van der Waals surface area (Å²) >= 11 is 0. The molecule has 0 spiro atoms. The molecule has 0 aliphatic carbocycles. The molecule has 0 bridgehead atoms. The largest absolute Gasteiger partial charge is 0.394 e. The van der Waals surface area contributed by atoms with E-state index in [0.29, 0.717) is 17.1 Å². The number of pyridine rings is 3. The third-order valence-corrected chi connectivity index (χ3v) is 5.30. The molecule has 2 N–H and O–H groups in total. The Labute approximate surface area is 190 Å². The maximum absolute atomic E-state index is 13.0. The van der Waals surface area contributed by atoms with E-state index in [0.717, 1.165) is 11.3 Å². The third-order valence-electron chi connectivity index (χ3n) is 5.30. The quantitative estimate of drug-likeness (QED) is 0.473. The lowest BCUT2D eigenvalue weighted by Crippen LogP contribution is -2.27. The number of carbonyl (C=O) groups excluding carboxylic acids is 1. The van der Waals surface area contributed by atoms with E-state index in [-0.39, 0.29) is 24.0 Å². The van der Waals surface area contributed by atoms with Crippen molar-refractivity contribution in [1.29, 1.82) is 0 Å². The van der Waals surface area contributed by atoms with Crippen LogP contribution in [-0.4, -0.2) is 41.7 Å². The Kier molecular flexibility index (Phi) is 6.14. The maximum atomic E-state index is 13.0. The van der Waals surface area contributed by atoms with Crippen molar-refractivity contribution >= 4 is 11.7 Å². The molecule has 4 heterocycles. The summed E-state index contributed by atoms with van der Waals surface area (Å²) in [6, 6.07) is 10.3. The molecule has 33 heavy (non-hydrogen) atoms. The molecule has 4 aromatic rings. The van der Waals surface area contributed by atoms with Gasteiger partial charge in [-0.25, -0.2) is 9.97 Å². The number of rotatable bonds is 6. The van der Waals surface area contributed by atoms with Gasteiger partial charge in [-0.3, -0.25) is 14.6 Å². The van der Waals surface area contributed by atoms with Crippen LogP contribution in [0.15, 0.2) is 66.0 Å². The first-order valence-corrected chi connectivity index (χ1v) is 10.4. The molecule has 0 unspecified atom stereocenters. The van der Waals surface area contributed by atoms with E-state index in [1.54, 1.807) is 56.1 Å². The molecule has 4 rings (SSSR count). The number of nitrogens with one attached hydrogen (secondary N) is 1. The van der Waals surface area contributed by atoms with Gasteiger partial charge in [0, 0.05) is 48.7 Å². The Bertz CT molecular complexity index is 1360. The molecule has 4 aromatic heterocycles. The Morgan fingerprint density at radius 2 is 2.00 bits per heavy atom. The summed E-state index contributed by atoms with van der Waals surface area (Å²) in [4.78, 5) is 38.8. The van der Waals surface area contributed by atoms with E-state index in [9.17, 15) is 14.7 Å². The molecule has 0 aliphatic heterocycles. The van der Waals surface area contributed by atoms with Crippen molar-refractivity contribution in [3.63, 3.8) is 0 Å². The topological polar surface area (TPSA) is 115 Å². The Hall–Kier alpha value is -4.11.